The van der Waals surface area contributed by atoms with Gasteiger partial charge in [0.05, 0.1) is 25.1 Å². The SMILES string of the molecule is CCOC(=O)c1ccc(NC(=O)CC2C(=O)N(Cc3ccccc3)C(=S)N2NC(=O)C2CC2)cc1. The van der Waals surface area contributed by atoms with Crippen molar-refractivity contribution in [1.82, 2.24) is 15.3 Å². The number of rotatable bonds is 9. The van der Waals surface area contributed by atoms with Crippen molar-refractivity contribution >= 4 is 46.7 Å². The third-order valence-electron chi connectivity index (χ3n) is 5.72. The average Bonchev–Trinajstić information content (AvgIpc) is 3.68. The van der Waals surface area contributed by atoms with E-state index in [4.69, 9.17) is 17.0 Å². The number of carbonyl (C=O) groups is 4. The second-order valence-corrected chi connectivity index (χ2v) is 8.74. The number of amides is 3. The summed E-state index contributed by atoms with van der Waals surface area (Å²) in [5.41, 5.74) is 4.46. The van der Waals surface area contributed by atoms with Crippen LogP contribution in [0.2, 0.25) is 0 Å². The number of benzene rings is 2. The predicted molar refractivity (Wildman–Crippen MR) is 132 cm³/mol. The second kappa shape index (κ2) is 10.6. The maximum absolute atomic E-state index is 13.3. The van der Waals surface area contributed by atoms with Gasteiger partial charge in [-0.15, -0.1) is 0 Å². The first-order valence-corrected chi connectivity index (χ1v) is 11.8. The van der Waals surface area contributed by atoms with Gasteiger partial charge in [-0.25, -0.2) is 9.80 Å². The van der Waals surface area contributed by atoms with Crippen molar-refractivity contribution < 1.29 is 23.9 Å². The van der Waals surface area contributed by atoms with Crippen LogP contribution < -0.4 is 10.7 Å². The molecule has 9 nitrogen and oxygen atoms in total. The Bertz CT molecular complexity index is 1130. The largest absolute Gasteiger partial charge is 0.462 e. The van der Waals surface area contributed by atoms with E-state index in [0.717, 1.165) is 18.4 Å². The van der Waals surface area contributed by atoms with Crippen LogP contribution in [-0.4, -0.2) is 51.4 Å². The number of ether oxygens (including phenoxy) is 1. The molecule has 0 bridgehead atoms. The molecule has 1 saturated carbocycles. The second-order valence-electron chi connectivity index (χ2n) is 8.38. The van der Waals surface area contributed by atoms with E-state index in [2.05, 4.69) is 10.7 Å². The maximum Gasteiger partial charge on any atom is 0.338 e. The van der Waals surface area contributed by atoms with Crippen molar-refractivity contribution in [2.75, 3.05) is 11.9 Å². The standard InChI is InChI=1S/C25H26N4O5S/c1-2-34-24(33)18-10-12-19(13-11-18)26-21(30)14-20-23(32)28(15-16-6-4-3-5-7-16)25(35)29(20)27-22(31)17-8-9-17/h3-7,10-13,17,20H,2,8-9,14-15H2,1H3,(H,26,30)(H,27,31). The Morgan fingerprint density at radius 1 is 1.06 bits per heavy atom. The topological polar surface area (TPSA) is 108 Å². The number of thiocarbonyl (C=S) groups is 1. The van der Waals surface area contributed by atoms with E-state index in [1.54, 1.807) is 31.2 Å². The first kappa shape index (κ1) is 24.3. The number of hydrogen-bond donors (Lipinski definition) is 2. The lowest BCUT2D eigenvalue weighted by molar-refractivity contribution is -0.133. The van der Waals surface area contributed by atoms with Crippen LogP contribution in [0.15, 0.2) is 54.6 Å². The van der Waals surface area contributed by atoms with Crippen molar-refractivity contribution in [3.63, 3.8) is 0 Å². The Morgan fingerprint density at radius 2 is 1.74 bits per heavy atom. The van der Waals surface area contributed by atoms with Gasteiger partial charge in [0.15, 0.2) is 5.11 Å². The lowest BCUT2D eigenvalue weighted by Crippen LogP contribution is -2.50. The van der Waals surface area contributed by atoms with Gasteiger partial charge in [0.2, 0.25) is 11.8 Å². The van der Waals surface area contributed by atoms with Gasteiger partial charge < -0.3 is 10.1 Å². The molecule has 1 unspecified atom stereocenters. The zero-order chi connectivity index (χ0) is 24.9. The van der Waals surface area contributed by atoms with Gasteiger partial charge in [0, 0.05) is 11.6 Å². The van der Waals surface area contributed by atoms with E-state index < -0.39 is 17.9 Å². The minimum atomic E-state index is -0.965. The summed E-state index contributed by atoms with van der Waals surface area (Å²) in [5, 5.41) is 4.23. The summed E-state index contributed by atoms with van der Waals surface area (Å²) >= 11 is 5.52. The van der Waals surface area contributed by atoms with Gasteiger partial charge in [-0.1, -0.05) is 30.3 Å². The fourth-order valence-corrected chi connectivity index (χ4v) is 4.04. The molecule has 2 aromatic carbocycles. The summed E-state index contributed by atoms with van der Waals surface area (Å²) in [6, 6.07) is 14.7. The Morgan fingerprint density at radius 3 is 2.37 bits per heavy atom. The van der Waals surface area contributed by atoms with Gasteiger partial charge in [-0.05, 0) is 61.8 Å². The summed E-state index contributed by atoms with van der Waals surface area (Å²) in [4.78, 5) is 51.8. The first-order chi connectivity index (χ1) is 16.9. The Labute approximate surface area is 208 Å². The predicted octanol–water partition coefficient (Wildman–Crippen LogP) is 2.63. The van der Waals surface area contributed by atoms with Crippen molar-refractivity contribution in [2.45, 2.75) is 38.8 Å². The molecule has 1 atom stereocenters. The molecule has 0 spiro atoms. The highest BCUT2D eigenvalue weighted by Crippen LogP contribution is 2.30. The average molecular weight is 495 g/mol. The highest BCUT2D eigenvalue weighted by atomic mass is 32.1. The normalized spacial score (nSPS) is 17.3. The number of anilines is 1. The van der Waals surface area contributed by atoms with Crippen molar-refractivity contribution in [3.05, 3.63) is 65.7 Å². The maximum atomic E-state index is 13.3. The zero-order valence-electron chi connectivity index (χ0n) is 19.2. The molecule has 3 amide bonds. The molecule has 1 aliphatic carbocycles. The fourth-order valence-electron chi connectivity index (χ4n) is 3.71. The van der Waals surface area contributed by atoms with Crippen molar-refractivity contribution in [2.24, 2.45) is 5.92 Å². The van der Waals surface area contributed by atoms with Crippen LogP contribution in [0.25, 0.3) is 0 Å². The number of nitrogens with one attached hydrogen (secondary N) is 2. The molecular weight excluding hydrogens is 468 g/mol. The van der Waals surface area contributed by atoms with Crippen LogP contribution in [0, 0.1) is 5.92 Å². The third-order valence-corrected chi connectivity index (χ3v) is 6.14. The molecule has 10 heteroatoms. The Kier molecular flexibility index (Phi) is 7.40. The van der Waals surface area contributed by atoms with Gasteiger partial charge in [0.25, 0.3) is 5.91 Å². The molecule has 2 fully saturated rings. The Hall–Kier alpha value is -3.79. The minimum absolute atomic E-state index is 0.0940. The van der Waals surface area contributed by atoms with E-state index in [-0.39, 0.29) is 42.4 Å². The molecule has 2 aliphatic rings. The lowest BCUT2D eigenvalue weighted by atomic mass is 10.1. The van der Waals surface area contributed by atoms with Crippen LogP contribution in [0.1, 0.15) is 42.1 Å². The summed E-state index contributed by atoms with van der Waals surface area (Å²) in [7, 11) is 0. The van der Waals surface area contributed by atoms with E-state index >= 15 is 0 Å². The van der Waals surface area contributed by atoms with Crippen molar-refractivity contribution in [3.8, 4) is 0 Å². The molecule has 2 aromatic rings. The smallest absolute Gasteiger partial charge is 0.338 e. The van der Waals surface area contributed by atoms with Gasteiger partial charge in [0.1, 0.15) is 6.04 Å². The molecule has 2 N–H and O–H groups in total. The fraction of sp³-hybridized carbons (Fsp3) is 0.320. The number of hydrazine groups is 1. The van der Waals surface area contributed by atoms with Crippen molar-refractivity contribution in [1.29, 1.82) is 0 Å². The monoisotopic (exact) mass is 494 g/mol. The van der Waals surface area contributed by atoms with Crippen LogP contribution in [0.4, 0.5) is 5.69 Å². The molecule has 1 aliphatic heterocycles. The molecule has 1 heterocycles. The molecule has 0 aromatic heterocycles. The molecule has 1 saturated heterocycles. The number of carbonyl (C=O) groups excluding carboxylic acids is 4. The van der Waals surface area contributed by atoms with Crippen LogP contribution in [0.3, 0.4) is 0 Å². The quantitative estimate of drug-likeness (QED) is 0.408. The molecule has 35 heavy (non-hydrogen) atoms. The van der Waals surface area contributed by atoms with Gasteiger partial charge >= 0.3 is 5.97 Å². The highest BCUT2D eigenvalue weighted by molar-refractivity contribution is 7.80. The molecule has 182 valence electrons. The number of esters is 1. The molecule has 4 rings (SSSR count). The lowest BCUT2D eigenvalue weighted by Gasteiger charge is -2.24. The van der Waals surface area contributed by atoms with Gasteiger partial charge in [-0.3, -0.25) is 24.7 Å². The van der Waals surface area contributed by atoms with Crippen LogP contribution in [0.5, 0.6) is 0 Å². The number of hydrogen-bond acceptors (Lipinski definition) is 6. The first-order valence-electron chi connectivity index (χ1n) is 11.4. The Balaban J connectivity index is 1.46. The van der Waals surface area contributed by atoms with Gasteiger partial charge in [-0.2, -0.15) is 0 Å². The summed E-state index contributed by atoms with van der Waals surface area (Å²) in [6.07, 6.45) is 1.37. The third kappa shape index (κ3) is 5.83. The summed E-state index contributed by atoms with van der Waals surface area (Å²) < 4.78 is 4.96. The van der Waals surface area contributed by atoms with Crippen LogP contribution in [-0.2, 0) is 25.7 Å². The highest BCUT2D eigenvalue weighted by Gasteiger charge is 2.45. The van der Waals surface area contributed by atoms with E-state index in [1.165, 1.54) is 9.91 Å². The number of nitrogens with zero attached hydrogens (tertiary/aromatic N) is 2. The van der Waals surface area contributed by atoms with Crippen LogP contribution >= 0.6 is 12.2 Å². The summed E-state index contributed by atoms with van der Waals surface area (Å²) in [5.74, 6) is -1.54. The van der Waals surface area contributed by atoms with E-state index in [1.807, 2.05) is 30.3 Å². The van der Waals surface area contributed by atoms with E-state index in [0.29, 0.717) is 11.3 Å². The zero-order valence-corrected chi connectivity index (χ0v) is 20.0. The molecule has 0 radical (unpaired) electrons. The van der Waals surface area contributed by atoms with E-state index in [9.17, 15) is 19.2 Å². The summed E-state index contributed by atoms with van der Waals surface area (Å²) in [6.45, 7) is 2.23. The minimum Gasteiger partial charge on any atom is -0.462 e. The molecular formula is C25H26N4O5S.